The Balaban J connectivity index is 1.44. The van der Waals surface area contributed by atoms with Crippen molar-refractivity contribution in [1.82, 2.24) is 15.2 Å². The van der Waals surface area contributed by atoms with Gasteiger partial charge in [-0.3, -0.25) is 19.5 Å². The molecule has 31 heavy (non-hydrogen) atoms. The molecule has 0 aliphatic carbocycles. The van der Waals surface area contributed by atoms with Gasteiger partial charge in [0.25, 0.3) is 0 Å². The zero-order valence-electron chi connectivity index (χ0n) is 16.9. The van der Waals surface area contributed by atoms with Gasteiger partial charge in [0, 0.05) is 37.7 Å². The molecule has 0 bridgehead atoms. The van der Waals surface area contributed by atoms with E-state index in [9.17, 15) is 14.0 Å². The second-order valence-electron chi connectivity index (χ2n) is 7.46. The van der Waals surface area contributed by atoms with E-state index in [4.69, 9.17) is 0 Å². The summed E-state index contributed by atoms with van der Waals surface area (Å²) in [4.78, 5) is 31.2. The second kappa shape index (κ2) is 9.49. The van der Waals surface area contributed by atoms with Gasteiger partial charge in [-0.05, 0) is 53.4 Å². The second-order valence-corrected chi connectivity index (χ2v) is 7.46. The van der Waals surface area contributed by atoms with Gasteiger partial charge in [0.15, 0.2) is 0 Å². The van der Waals surface area contributed by atoms with Crippen LogP contribution in [0.15, 0.2) is 73.1 Å². The van der Waals surface area contributed by atoms with E-state index < -0.39 is 17.6 Å². The van der Waals surface area contributed by atoms with Crippen LogP contribution in [0, 0.1) is 5.82 Å². The summed E-state index contributed by atoms with van der Waals surface area (Å²) < 4.78 is 13.0. The van der Waals surface area contributed by atoms with E-state index in [0.29, 0.717) is 5.69 Å². The lowest BCUT2D eigenvalue weighted by Crippen LogP contribution is -2.43. The molecule has 1 atom stereocenters. The summed E-state index contributed by atoms with van der Waals surface area (Å²) in [5, 5.41) is 5.22. The number of aromatic nitrogens is 1. The Labute approximate surface area is 180 Å². The lowest BCUT2D eigenvalue weighted by molar-refractivity contribution is -0.136. The van der Waals surface area contributed by atoms with Gasteiger partial charge in [0.2, 0.25) is 0 Å². The third-order valence-electron chi connectivity index (χ3n) is 5.43. The quantitative estimate of drug-likeness (QED) is 0.625. The van der Waals surface area contributed by atoms with E-state index in [1.807, 2.05) is 24.3 Å². The van der Waals surface area contributed by atoms with Crippen molar-refractivity contribution in [3.05, 3.63) is 95.6 Å². The van der Waals surface area contributed by atoms with E-state index in [1.165, 1.54) is 35.4 Å². The molecule has 0 radical (unpaired) electrons. The van der Waals surface area contributed by atoms with Crippen LogP contribution < -0.4 is 10.6 Å². The van der Waals surface area contributed by atoms with Gasteiger partial charge in [-0.25, -0.2) is 4.39 Å². The number of rotatable bonds is 5. The van der Waals surface area contributed by atoms with E-state index in [0.717, 1.165) is 25.1 Å². The van der Waals surface area contributed by atoms with Gasteiger partial charge >= 0.3 is 11.8 Å². The van der Waals surface area contributed by atoms with Crippen LogP contribution in [0.25, 0.3) is 0 Å². The monoisotopic (exact) mass is 418 g/mol. The average molecular weight is 418 g/mol. The smallest absolute Gasteiger partial charge is 0.313 e. The van der Waals surface area contributed by atoms with Crippen molar-refractivity contribution in [2.45, 2.75) is 19.0 Å². The van der Waals surface area contributed by atoms with Crippen LogP contribution >= 0.6 is 0 Å². The Morgan fingerprint density at radius 1 is 1.00 bits per heavy atom. The number of nitrogens with zero attached hydrogens (tertiary/aromatic N) is 2. The zero-order valence-corrected chi connectivity index (χ0v) is 16.9. The summed E-state index contributed by atoms with van der Waals surface area (Å²) in [5.74, 6) is -1.94. The van der Waals surface area contributed by atoms with Crippen molar-refractivity contribution in [1.29, 1.82) is 0 Å². The maximum atomic E-state index is 13.0. The fourth-order valence-corrected chi connectivity index (χ4v) is 3.81. The normalized spacial score (nSPS) is 14.4. The molecular weight excluding hydrogens is 395 g/mol. The SMILES string of the molecule is O=C(NCC(c1cccnc1)N1CCc2ccccc2C1)C(=O)Nc1ccc(F)cc1. The van der Waals surface area contributed by atoms with Crippen molar-refractivity contribution in [3.8, 4) is 0 Å². The number of carbonyl (C=O) groups is 2. The lowest BCUT2D eigenvalue weighted by atomic mass is 9.97. The third-order valence-corrected chi connectivity index (χ3v) is 5.43. The number of hydrogen-bond acceptors (Lipinski definition) is 4. The summed E-state index contributed by atoms with van der Waals surface area (Å²) in [6.07, 6.45) is 4.42. The highest BCUT2D eigenvalue weighted by Crippen LogP contribution is 2.27. The van der Waals surface area contributed by atoms with Crippen molar-refractivity contribution in [3.63, 3.8) is 0 Å². The Morgan fingerprint density at radius 2 is 1.77 bits per heavy atom. The topological polar surface area (TPSA) is 74.3 Å². The summed E-state index contributed by atoms with van der Waals surface area (Å²) in [6, 6.07) is 17.3. The number of pyridine rings is 1. The number of hydrogen-bond donors (Lipinski definition) is 2. The molecule has 0 saturated carbocycles. The maximum absolute atomic E-state index is 13.0. The largest absolute Gasteiger partial charge is 0.346 e. The Hall–Kier alpha value is -3.58. The van der Waals surface area contributed by atoms with Crippen molar-refractivity contribution in [2.24, 2.45) is 0 Å². The molecule has 1 aromatic heterocycles. The number of carbonyl (C=O) groups excluding carboxylic acids is 2. The minimum absolute atomic E-state index is 0.121. The van der Waals surface area contributed by atoms with Crippen LogP contribution in [0.1, 0.15) is 22.7 Å². The van der Waals surface area contributed by atoms with Gasteiger partial charge in [-0.2, -0.15) is 0 Å². The molecule has 6 nitrogen and oxygen atoms in total. The van der Waals surface area contributed by atoms with Crippen LogP contribution in [-0.4, -0.2) is 34.8 Å². The fraction of sp³-hybridized carbons (Fsp3) is 0.208. The molecule has 1 aliphatic heterocycles. The molecule has 1 unspecified atom stereocenters. The molecule has 2 aromatic carbocycles. The molecular formula is C24H23FN4O2. The predicted octanol–water partition coefficient (Wildman–Crippen LogP) is 3.08. The van der Waals surface area contributed by atoms with Crippen molar-refractivity contribution < 1.29 is 14.0 Å². The first-order valence-corrected chi connectivity index (χ1v) is 10.2. The average Bonchev–Trinajstić information content (AvgIpc) is 2.81. The van der Waals surface area contributed by atoms with E-state index in [2.05, 4.69) is 32.7 Å². The van der Waals surface area contributed by atoms with Gasteiger partial charge in [0.05, 0.1) is 6.04 Å². The van der Waals surface area contributed by atoms with Crippen LogP contribution in [0.2, 0.25) is 0 Å². The summed E-state index contributed by atoms with van der Waals surface area (Å²) in [7, 11) is 0. The Morgan fingerprint density at radius 3 is 2.52 bits per heavy atom. The number of fused-ring (bicyclic) bond motifs is 1. The molecule has 4 rings (SSSR count). The first-order valence-electron chi connectivity index (χ1n) is 10.2. The van der Waals surface area contributed by atoms with Gasteiger partial charge in [-0.1, -0.05) is 30.3 Å². The highest BCUT2D eigenvalue weighted by molar-refractivity contribution is 6.39. The molecule has 2 amide bonds. The molecule has 1 aliphatic rings. The molecule has 0 spiro atoms. The summed E-state index contributed by atoms with van der Waals surface area (Å²) >= 11 is 0. The highest BCUT2D eigenvalue weighted by atomic mass is 19.1. The van der Waals surface area contributed by atoms with Crippen LogP contribution in [-0.2, 0) is 22.6 Å². The molecule has 0 fully saturated rings. The fourth-order valence-electron chi connectivity index (χ4n) is 3.81. The standard InChI is InChI=1S/C24H23FN4O2/c25-20-7-9-21(10-8-20)28-24(31)23(30)27-15-22(18-6-3-12-26-14-18)29-13-11-17-4-1-2-5-19(17)16-29/h1-10,12,14,22H,11,13,15-16H2,(H,27,30)(H,28,31). The first kappa shape index (κ1) is 20.7. The molecule has 7 heteroatoms. The lowest BCUT2D eigenvalue weighted by Gasteiger charge is -2.35. The van der Waals surface area contributed by atoms with E-state index in [1.54, 1.807) is 12.4 Å². The van der Waals surface area contributed by atoms with Crippen LogP contribution in [0.3, 0.4) is 0 Å². The maximum Gasteiger partial charge on any atom is 0.313 e. The van der Waals surface area contributed by atoms with Gasteiger partial charge in [-0.15, -0.1) is 0 Å². The third kappa shape index (κ3) is 5.13. The predicted molar refractivity (Wildman–Crippen MR) is 116 cm³/mol. The summed E-state index contributed by atoms with van der Waals surface area (Å²) in [5.41, 5.74) is 3.94. The van der Waals surface area contributed by atoms with Crippen LogP contribution in [0.5, 0.6) is 0 Å². The Bertz CT molecular complexity index is 1060. The number of benzene rings is 2. The van der Waals surface area contributed by atoms with Crippen molar-refractivity contribution in [2.75, 3.05) is 18.4 Å². The number of amides is 2. The number of halogens is 1. The Kier molecular flexibility index (Phi) is 6.33. The van der Waals surface area contributed by atoms with Crippen molar-refractivity contribution >= 4 is 17.5 Å². The number of anilines is 1. The highest BCUT2D eigenvalue weighted by Gasteiger charge is 2.26. The van der Waals surface area contributed by atoms with Crippen LogP contribution in [0.4, 0.5) is 10.1 Å². The summed E-state index contributed by atoms with van der Waals surface area (Å²) in [6.45, 7) is 1.87. The molecule has 3 aromatic rings. The van der Waals surface area contributed by atoms with E-state index >= 15 is 0 Å². The first-order chi connectivity index (χ1) is 15.1. The number of nitrogens with one attached hydrogen (secondary N) is 2. The van der Waals surface area contributed by atoms with Gasteiger partial charge in [0.1, 0.15) is 5.82 Å². The van der Waals surface area contributed by atoms with E-state index in [-0.39, 0.29) is 12.6 Å². The zero-order chi connectivity index (χ0) is 21.6. The van der Waals surface area contributed by atoms with Gasteiger partial charge < -0.3 is 10.6 Å². The molecule has 2 N–H and O–H groups in total. The minimum Gasteiger partial charge on any atom is -0.346 e. The molecule has 0 saturated heterocycles. The molecule has 2 heterocycles. The minimum atomic E-state index is -0.791. The molecule has 158 valence electrons.